The molecule has 1 N–H and O–H groups in total. The van der Waals surface area contributed by atoms with Crippen LogP contribution in [0.1, 0.15) is 18.1 Å². The highest BCUT2D eigenvalue weighted by atomic mass is 35.5. The van der Waals surface area contributed by atoms with E-state index in [-0.39, 0.29) is 40.6 Å². The van der Waals surface area contributed by atoms with E-state index in [9.17, 15) is 28.1 Å². The number of nitrogens with one attached hydrogen (secondary N) is 1. The molecule has 38 heavy (non-hydrogen) atoms. The van der Waals surface area contributed by atoms with Crippen LogP contribution in [0.25, 0.3) is 0 Å². The zero-order chi connectivity index (χ0) is 28.6. The van der Waals surface area contributed by atoms with Gasteiger partial charge in [0.1, 0.15) is 11.5 Å². The topological polar surface area (TPSA) is 93.9 Å². The molecule has 3 rings (SSSR count). The fraction of sp³-hybridized carbons (Fsp3) is 0.240. The summed E-state index contributed by atoms with van der Waals surface area (Å²) in [5.41, 5.74) is 0.551. The van der Waals surface area contributed by atoms with Crippen LogP contribution in [0, 0.1) is 17.0 Å². The van der Waals surface area contributed by atoms with E-state index in [2.05, 4.69) is 5.32 Å². The lowest BCUT2D eigenvalue weighted by Crippen LogP contribution is -2.27. The fourth-order valence-corrected chi connectivity index (χ4v) is 3.17. The van der Waals surface area contributed by atoms with Crippen molar-refractivity contribution < 1.29 is 32.4 Å². The molecule has 0 aliphatic heterocycles. The predicted octanol–water partition coefficient (Wildman–Crippen LogP) is 8.20. The molecule has 0 saturated heterocycles. The number of halogens is 5. The first-order chi connectivity index (χ1) is 17.7. The minimum Gasteiger partial charge on any atom is -0.487 e. The van der Waals surface area contributed by atoms with E-state index in [1.54, 1.807) is 27.1 Å². The van der Waals surface area contributed by atoms with E-state index >= 15 is 0 Å². The van der Waals surface area contributed by atoms with E-state index in [0.29, 0.717) is 10.7 Å². The molecule has 13 heteroatoms. The Kier molecular flexibility index (Phi) is 10.6. The minimum absolute atomic E-state index is 0.0111. The molecule has 3 aromatic rings. The number of benzene rings is 3. The number of urea groups is 1. The van der Waals surface area contributed by atoms with Crippen molar-refractivity contribution in [1.29, 1.82) is 0 Å². The van der Waals surface area contributed by atoms with Crippen LogP contribution in [0.2, 0.25) is 10.0 Å². The van der Waals surface area contributed by atoms with Gasteiger partial charge in [0.15, 0.2) is 0 Å². The summed E-state index contributed by atoms with van der Waals surface area (Å²) in [6.07, 6.45) is -4.52. The van der Waals surface area contributed by atoms with E-state index in [1.807, 2.05) is 19.1 Å². The molecular weight excluding hydrogens is 550 g/mol. The van der Waals surface area contributed by atoms with Gasteiger partial charge in [-0.25, -0.2) is 4.79 Å². The molecular formula is C25H24Cl2F3N3O5. The summed E-state index contributed by atoms with van der Waals surface area (Å²) < 4.78 is 48.4. The second-order valence-corrected chi connectivity index (χ2v) is 8.67. The predicted molar refractivity (Wildman–Crippen MR) is 140 cm³/mol. The number of aryl methyl sites for hydroxylation is 1. The first kappa shape index (κ1) is 30.5. The third-order valence-electron chi connectivity index (χ3n) is 4.74. The average molecular weight is 574 g/mol. The molecule has 0 atom stereocenters. The first-order valence-corrected chi connectivity index (χ1v) is 11.7. The lowest BCUT2D eigenvalue weighted by molar-refractivity contribution is -0.385. The number of hydrogen-bond donors (Lipinski definition) is 1. The highest BCUT2D eigenvalue weighted by Gasteiger charge is 2.31. The van der Waals surface area contributed by atoms with Crippen molar-refractivity contribution in [3.63, 3.8) is 0 Å². The Hall–Kier alpha value is -3.70. The van der Waals surface area contributed by atoms with E-state index in [4.69, 9.17) is 32.7 Å². The van der Waals surface area contributed by atoms with Gasteiger partial charge in [-0.1, -0.05) is 29.3 Å². The maximum absolute atomic E-state index is 12.6. The van der Waals surface area contributed by atoms with E-state index < -0.39 is 16.7 Å². The molecule has 0 fully saturated rings. The number of nitro groups is 1. The fourth-order valence-electron chi connectivity index (χ4n) is 2.77. The summed E-state index contributed by atoms with van der Waals surface area (Å²) in [5, 5.41) is 14.0. The second-order valence-electron chi connectivity index (χ2n) is 7.85. The van der Waals surface area contributed by atoms with Crippen LogP contribution in [-0.4, -0.2) is 36.6 Å². The zero-order valence-corrected chi connectivity index (χ0v) is 22.2. The summed E-state index contributed by atoms with van der Waals surface area (Å²) in [7, 11) is 3.37. The number of nitrogens with zero attached hydrogens (tertiary/aromatic N) is 2. The van der Waals surface area contributed by atoms with Crippen molar-refractivity contribution in [2.24, 2.45) is 0 Å². The zero-order valence-electron chi connectivity index (χ0n) is 20.7. The number of nitro benzene ring substituents is 1. The molecule has 0 unspecified atom stereocenters. The summed E-state index contributed by atoms with van der Waals surface area (Å²) in [4.78, 5) is 23.0. The summed E-state index contributed by atoms with van der Waals surface area (Å²) in [6, 6.07) is 11.7. The van der Waals surface area contributed by atoms with Gasteiger partial charge in [0.2, 0.25) is 5.75 Å². The molecule has 8 nitrogen and oxygen atoms in total. The van der Waals surface area contributed by atoms with Gasteiger partial charge in [-0.3, -0.25) is 10.1 Å². The average Bonchev–Trinajstić information content (AvgIpc) is 2.82. The lowest BCUT2D eigenvalue weighted by atomic mass is 10.2. The molecule has 204 valence electrons. The third-order valence-corrected chi connectivity index (χ3v) is 5.45. The summed E-state index contributed by atoms with van der Waals surface area (Å²) in [6.45, 7) is 3.77. The van der Waals surface area contributed by atoms with Gasteiger partial charge in [0.25, 0.3) is 0 Å². The van der Waals surface area contributed by atoms with Crippen molar-refractivity contribution in [2.75, 3.05) is 26.0 Å². The van der Waals surface area contributed by atoms with Crippen LogP contribution in [0.3, 0.4) is 0 Å². The molecule has 0 spiro atoms. The van der Waals surface area contributed by atoms with Gasteiger partial charge in [-0.15, -0.1) is 0 Å². The number of anilines is 1. The Labute approximate surface area is 227 Å². The van der Waals surface area contributed by atoms with Crippen LogP contribution in [0.4, 0.5) is 29.3 Å². The summed E-state index contributed by atoms with van der Waals surface area (Å²) in [5.74, 6) is 0.120. The molecule has 2 amide bonds. The first-order valence-electron chi connectivity index (χ1n) is 10.9. The van der Waals surface area contributed by atoms with Crippen LogP contribution in [-0.2, 0) is 6.18 Å². The SMILES string of the molecule is CCOc1cc(Oc2ccc(C(F)(F)F)cc2Cl)ccc1[N+](=O)[O-].Cc1ccc(NC(=O)N(C)C)cc1Cl. The Morgan fingerprint density at radius 3 is 2.24 bits per heavy atom. The smallest absolute Gasteiger partial charge is 0.416 e. The molecule has 0 heterocycles. The van der Waals surface area contributed by atoms with Crippen LogP contribution in [0.15, 0.2) is 54.6 Å². The number of carbonyl (C=O) groups is 1. The van der Waals surface area contributed by atoms with Crippen molar-refractivity contribution in [3.05, 3.63) is 85.9 Å². The number of hydrogen-bond acceptors (Lipinski definition) is 5. The highest BCUT2D eigenvalue weighted by Crippen LogP contribution is 2.38. The standard InChI is InChI=1S/C15H11ClF3NO4.C10H13ClN2O/c1-2-23-14-8-10(4-5-12(14)20(21)22)24-13-6-3-9(7-11(13)16)15(17,18)19;1-7-4-5-8(6-9(7)11)12-10(14)13(2)3/h3-8H,2H2,1H3;4-6H,1-3H3,(H,12,14). The van der Waals surface area contributed by atoms with Crippen LogP contribution >= 0.6 is 23.2 Å². The van der Waals surface area contributed by atoms with Gasteiger partial charge >= 0.3 is 17.9 Å². The maximum Gasteiger partial charge on any atom is 0.416 e. The van der Waals surface area contributed by atoms with E-state index in [0.717, 1.165) is 23.8 Å². The Balaban J connectivity index is 0.000000308. The van der Waals surface area contributed by atoms with E-state index in [1.165, 1.54) is 23.1 Å². The van der Waals surface area contributed by atoms with Gasteiger partial charge < -0.3 is 19.7 Å². The summed E-state index contributed by atoms with van der Waals surface area (Å²) >= 11 is 11.7. The second kappa shape index (κ2) is 13.2. The monoisotopic (exact) mass is 573 g/mol. The van der Waals surface area contributed by atoms with Crippen molar-refractivity contribution >= 4 is 40.6 Å². The maximum atomic E-state index is 12.6. The van der Waals surface area contributed by atoms with Crippen LogP contribution in [0.5, 0.6) is 17.2 Å². The number of ether oxygens (including phenoxy) is 2. The Bertz CT molecular complexity index is 1300. The molecule has 3 aromatic carbocycles. The van der Waals surface area contributed by atoms with Crippen molar-refractivity contribution in [3.8, 4) is 17.2 Å². The number of alkyl halides is 3. The largest absolute Gasteiger partial charge is 0.487 e. The molecule has 0 saturated carbocycles. The molecule has 0 aliphatic rings. The third kappa shape index (κ3) is 8.70. The Morgan fingerprint density at radius 2 is 1.71 bits per heavy atom. The lowest BCUT2D eigenvalue weighted by Gasteiger charge is -2.12. The highest BCUT2D eigenvalue weighted by molar-refractivity contribution is 6.32. The molecule has 0 radical (unpaired) electrons. The quantitative estimate of drug-likeness (QED) is 0.237. The van der Waals surface area contributed by atoms with Gasteiger partial charge in [0.05, 0.1) is 22.1 Å². The van der Waals surface area contributed by atoms with Gasteiger partial charge in [-0.05, 0) is 55.8 Å². The molecule has 0 aliphatic carbocycles. The van der Waals surface area contributed by atoms with Crippen molar-refractivity contribution in [1.82, 2.24) is 4.90 Å². The molecule has 0 aromatic heterocycles. The van der Waals surface area contributed by atoms with Gasteiger partial charge in [-0.2, -0.15) is 13.2 Å². The van der Waals surface area contributed by atoms with Crippen molar-refractivity contribution in [2.45, 2.75) is 20.0 Å². The van der Waals surface area contributed by atoms with Gasteiger partial charge in [0, 0.05) is 36.9 Å². The number of rotatable bonds is 6. The Morgan fingerprint density at radius 1 is 1.03 bits per heavy atom. The number of amides is 2. The molecule has 0 bridgehead atoms. The minimum atomic E-state index is -4.52. The number of carbonyl (C=O) groups excluding carboxylic acids is 1. The van der Waals surface area contributed by atoms with Crippen LogP contribution < -0.4 is 14.8 Å². The normalized spacial score (nSPS) is 10.7.